The molecule has 1 atom stereocenters. The van der Waals surface area contributed by atoms with Crippen LogP contribution in [0.3, 0.4) is 0 Å². The average molecular weight is 372 g/mol. The normalized spacial score (nSPS) is 11.8. The van der Waals surface area contributed by atoms with E-state index in [1.54, 1.807) is 11.0 Å². The average Bonchev–Trinajstić information content (AvgIpc) is 3.16. The van der Waals surface area contributed by atoms with E-state index in [0.29, 0.717) is 0 Å². The molecule has 0 aliphatic carbocycles. The zero-order valence-electron chi connectivity index (χ0n) is 13.7. The molecule has 0 saturated heterocycles. The number of carbonyl (C=O) groups excluding carboxylic acids is 1. The van der Waals surface area contributed by atoms with Crippen molar-refractivity contribution in [1.29, 1.82) is 0 Å². The molecule has 0 fully saturated rings. The molecule has 1 amide bonds. The van der Waals surface area contributed by atoms with E-state index in [1.165, 1.54) is 18.5 Å². The van der Waals surface area contributed by atoms with Crippen molar-refractivity contribution >= 4 is 23.2 Å². The highest BCUT2D eigenvalue weighted by Crippen LogP contribution is 2.25. The number of nitrogens with zero attached hydrogens (tertiary/aromatic N) is 4. The number of nitrogens with one attached hydrogen (secondary N) is 1. The molecule has 9 heteroatoms. The summed E-state index contributed by atoms with van der Waals surface area (Å²) in [7, 11) is 0. The third-order valence-electron chi connectivity index (χ3n) is 3.83. The molecule has 1 aromatic heterocycles. The standard InChI is InChI=1S/C17H14ClN5O3/c1-11(12-2-5-14(6-3-12)22-10-19-9-20-22)21-17(24)13-4-7-15(18)16(8-13)23(25)26/h2-11H,1H3,(H,21,24)/t11-/m1/s1. The minimum Gasteiger partial charge on any atom is -0.346 e. The fourth-order valence-corrected chi connectivity index (χ4v) is 2.60. The molecule has 8 nitrogen and oxygen atoms in total. The van der Waals surface area contributed by atoms with Crippen molar-refractivity contribution in [2.45, 2.75) is 13.0 Å². The van der Waals surface area contributed by atoms with Crippen molar-refractivity contribution in [3.63, 3.8) is 0 Å². The fourth-order valence-electron chi connectivity index (χ4n) is 2.41. The van der Waals surface area contributed by atoms with Crippen LogP contribution in [0.1, 0.15) is 28.9 Å². The van der Waals surface area contributed by atoms with Crippen LogP contribution >= 0.6 is 11.6 Å². The maximum atomic E-state index is 12.4. The third-order valence-corrected chi connectivity index (χ3v) is 4.15. The number of halogens is 1. The van der Waals surface area contributed by atoms with Crippen molar-refractivity contribution in [2.24, 2.45) is 0 Å². The Bertz CT molecular complexity index is 942. The van der Waals surface area contributed by atoms with Gasteiger partial charge in [-0.15, -0.1) is 0 Å². The first-order valence-electron chi connectivity index (χ1n) is 7.65. The van der Waals surface area contributed by atoms with Crippen molar-refractivity contribution in [3.8, 4) is 5.69 Å². The molecule has 0 saturated carbocycles. The van der Waals surface area contributed by atoms with Crippen LogP contribution < -0.4 is 5.32 Å². The van der Waals surface area contributed by atoms with E-state index >= 15 is 0 Å². The minimum absolute atomic E-state index is 0.0108. The number of hydrogen-bond acceptors (Lipinski definition) is 5. The Kier molecular flexibility index (Phi) is 4.94. The monoisotopic (exact) mass is 371 g/mol. The lowest BCUT2D eigenvalue weighted by atomic mass is 10.1. The van der Waals surface area contributed by atoms with E-state index in [-0.39, 0.29) is 22.3 Å². The second-order valence-electron chi connectivity index (χ2n) is 5.55. The molecule has 0 unspecified atom stereocenters. The van der Waals surface area contributed by atoms with Gasteiger partial charge in [0.15, 0.2) is 0 Å². The van der Waals surface area contributed by atoms with Crippen LogP contribution in [0.25, 0.3) is 5.69 Å². The highest BCUT2D eigenvalue weighted by atomic mass is 35.5. The van der Waals surface area contributed by atoms with Crippen molar-refractivity contribution < 1.29 is 9.72 Å². The van der Waals surface area contributed by atoms with Gasteiger partial charge in [-0.25, -0.2) is 9.67 Å². The highest BCUT2D eigenvalue weighted by molar-refractivity contribution is 6.32. The summed E-state index contributed by atoms with van der Waals surface area (Å²) in [5, 5.41) is 17.8. The molecule has 3 rings (SSSR count). The molecule has 0 aliphatic rings. The summed E-state index contributed by atoms with van der Waals surface area (Å²) >= 11 is 5.77. The summed E-state index contributed by atoms with van der Waals surface area (Å²) in [5.41, 5.74) is 1.60. The molecule has 0 radical (unpaired) electrons. The molecule has 2 aromatic carbocycles. The number of carbonyl (C=O) groups is 1. The number of hydrogen-bond donors (Lipinski definition) is 1. The first-order chi connectivity index (χ1) is 12.5. The summed E-state index contributed by atoms with van der Waals surface area (Å²) in [5.74, 6) is -0.419. The van der Waals surface area contributed by atoms with Gasteiger partial charge >= 0.3 is 0 Å². The Balaban J connectivity index is 1.73. The fraction of sp³-hybridized carbons (Fsp3) is 0.118. The molecule has 0 aliphatic heterocycles. The summed E-state index contributed by atoms with van der Waals surface area (Å²) in [6.45, 7) is 1.83. The topological polar surface area (TPSA) is 103 Å². The predicted octanol–water partition coefficient (Wildman–Crippen LogP) is 3.32. The van der Waals surface area contributed by atoms with E-state index in [1.807, 2.05) is 31.2 Å². The summed E-state index contributed by atoms with van der Waals surface area (Å²) < 4.78 is 1.62. The zero-order chi connectivity index (χ0) is 18.7. The number of aromatic nitrogens is 3. The SMILES string of the molecule is C[C@@H](NC(=O)c1ccc(Cl)c([N+](=O)[O-])c1)c1ccc(-n2cncn2)cc1. The maximum absolute atomic E-state index is 12.4. The molecule has 0 spiro atoms. The number of benzene rings is 2. The Morgan fingerprint density at radius 2 is 2.00 bits per heavy atom. The van der Waals surface area contributed by atoms with Gasteiger partial charge in [-0.3, -0.25) is 14.9 Å². The second kappa shape index (κ2) is 7.32. The van der Waals surface area contributed by atoms with Gasteiger partial charge in [0.25, 0.3) is 11.6 Å². The quantitative estimate of drug-likeness (QED) is 0.547. The zero-order valence-corrected chi connectivity index (χ0v) is 14.4. The van der Waals surface area contributed by atoms with Gasteiger partial charge in [0.05, 0.1) is 16.7 Å². The van der Waals surface area contributed by atoms with Gasteiger partial charge in [-0.2, -0.15) is 5.10 Å². The molecule has 3 aromatic rings. The third kappa shape index (κ3) is 3.70. The van der Waals surface area contributed by atoms with Gasteiger partial charge in [0.1, 0.15) is 17.7 Å². The molecule has 26 heavy (non-hydrogen) atoms. The van der Waals surface area contributed by atoms with Crippen LogP contribution in [0.5, 0.6) is 0 Å². The first-order valence-corrected chi connectivity index (χ1v) is 8.03. The lowest BCUT2D eigenvalue weighted by molar-refractivity contribution is -0.384. The van der Waals surface area contributed by atoms with Crippen LogP contribution in [0.4, 0.5) is 5.69 Å². The number of nitro benzene ring substituents is 1. The molecular formula is C17H14ClN5O3. The van der Waals surface area contributed by atoms with Crippen molar-refractivity contribution in [3.05, 3.63) is 81.4 Å². The van der Waals surface area contributed by atoms with Crippen LogP contribution in [-0.2, 0) is 0 Å². The lowest BCUT2D eigenvalue weighted by Crippen LogP contribution is -2.26. The Morgan fingerprint density at radius 1 is 1.27 bits per heavy atom. The van der Waals surface area contributed by atoms with Crippen LogP contribution in [-0.4, -0.2) is 25.6 Å². The summed E-state index contributed by atoms with van der Waals surface area (Å²) in [6, 6.07) is 11.1. The molecular weight excluding hydrogens is 358 g/mol. The molecule has 0 bridgehead atoms. The van der Waals surface area contributed by atoms with Crippen molar-refractivity contribution in [2.75, 3.05) is 0 Å². The number of rotatable bonds is 5. The second-order valence-corrected chi connectivity index (χ2v) is 5.96. The predicted molar refractivity (Wildman–Crippen MR) is 95.3 cm³/mol. The largest absolute Gasteiger partial charge is 0.346 e. The smallest absolute Gasteiger partial charge is 0.288 e. The van der Waals surface area contributed by atoms with E-state index < -0.39 is 10.8 Å². The number of amides is 1. The Labute approximate surface area is 153 Å². The van der Waals surface area contributed by atoms with Gasteiger partial charge in [0, 0.05) is 11.6 Å². The van der Waals surface area contributed by atoms with E-state index in [9.17, 15) is 14.9 Å². The Morgan fingerprint density at radius 3 is 2.62 bits per heavy atom. The van der Waals surface area contributed by atoms with Gasteiger partial charge in [-0.05, 0) is 36.8 Å². The van der Waals surface area contributed by atoms with E-state index in [0.717, 1.165) is 17.3 Å². The van der Waals surface area contributed by atoms with Crippen LogP contribution in [0.15, 0.2) is 55.1 Å². The van der Waals surface area contributed by atoms with E-state index in [4.69, 9.17) is 11.6 Å². The minimum atomic E-state index is -0.620. The van der Waals surface area contributed by atoms with Gasteiger partial charge < -0.3 is 5.32 Å². The van der Waals surface area contributed by atoms with Crippen LogP contribution in [0.2, 0.25) is 5.02 Å². The molecule has 1 heterocycles. The van der Waals surface area contributed by atoms with Gasteiger partial charge in [0.2, 0.25) is 0 Å². The lowest BCUT2D eigenvalue weighted by Gasteiger charge is -2.15. The summed E-state index contributed by atoms with van der Waals surface area (Å²) in [6.07, 6.45) is 3.04. The highest BCUT2D eigenvalue weighted by Gasteiger charge is 2.18. The van der Waals surface area contributed by atoms with Gasteiger partial charge in [-0.1, -0.05) is 23.7 Å². The number of nitro groups is 1. The molecule has 132 valence electrons. The summed E-state index contributed by atoms with van der Waals surface area (Å²) in [4.78, 5) is 26.6. The Hall–Kier alpha value is -3.26. The first kappa shape index (κ1) is 17.6. The van der Waals surface area contributed by atoms with E-state index in [2.05, 4.69) is 15.4 Å². The van der Waals surface area contributed by atoms with Crippen molar-refractivity contribution in [1.82, 2.24) is 20.1 Å². The van der Waals surface area contributed by atoms with Crippen LogP contribution in [0, 0.1) is 10.1 Å². The maximum Gasteiger partial charge on any atom is 0.288 e. The molecule has 1 N–H and O–H groups in total.